The fourth-order valence-electron chi connectivity index (χ4n) is 3.12. The first-order chi connectivity index (χ1) is 11.8. The van der Waals surface area contributed by atoms with Gasteiger partial charge >= 0.3 is 0 Å². The average molecular weight is 339 g/mol. The van der Waals surface area contributed by atoms with Gasteiger partial charge in [0.25, 0.3) is 0 Å². The summed E-state index contributed by atoms with van der Waals surface area (Å²) in [5.74, 6) is 0.931. The van der Waals surface area contributed by atoms with E-state index in [9.17, 15) is 0 Å². The lowest BCUT2D eigenvalue weighted by Gasteiger charge is -2.34. The fraction of sp³-hybridized carbons (Fsp3) is 0.316. The molecule has 124 valence electrons. The van der Waals surface area contributed by atoms with E-state index >= 15 is 0 Å². The maximum Gasteiger partial charge on any atom is 0.186 e. The number of fused-ring (bicyclic) bond motifs is 1. The molecule has 1 aliphatic heterocycles. The van der Waals surface area contributed by atoms with Crippen molar-refractivity contribution in [3.05, 3.63) is 54.1 Å². The molecule has 2 heterocycles. The third kappa shape index (κ3) is 3.23. The molecule has 1 aliphatic rings. The molecule has 0 radical (unpaired) electrons. The lowest BCUT2D eigenvalue weighted by atomic mass is 10.2. The number of hydrogen-bond acceptors (Lipinski definition) is 5. The van der Waals surface area contributed by atoms with Crippen molar-refractivity contribution in [1.82, 2.24) is 9.88 Å². The van der Waals surface area contributed by atoms with Crippen molar-refractivity contribution in [2.75, 3.05) is 38.2 Å². The Kier molecular flexibility index (Phi) is 4.36. The molecule has 1 saturated heterocycles. The second kappa shape index (κ2) is 6.79. The van der Waals surface area contributed by atoms with Crippen LogP contribution in [-0.2, 0) is 6.54 Å². The Morgan fingerprint density at radius 3 is 2.67 bits per heavy atom. The summed E-state index contributed by atoms with van der Waals surface area (Å²) in [6.07, 6.45) is 0. The van der Waals surface area contributed by atoms with E-state index in [1.807, 2.05) is 6.07 Å². The Balaban J connectivity index is 1.39. The van der Waals surface area contributed by atoms with E-state index in [-0.39, 0.29) is 0 Å². The Morgan fingerprint density at radius 2 is 1.88 bits per heavy atom. The zero-order chi connectivity index (χ0) is 16.4. The van der Waals surface area contributed by atoms with Crippen LogP contribution >= 0.6 is 11.3 Å². The van der Waals surface area contributed by atoms with E-state index in [2.05, 4.69) is 52.3 Å². The Labute approximate surface area is 146 Å². The molecule has 4 nitrogen and oxygen atoms in total. The lowest BCUT2D eigenvalue weighted by molar-refractivity contribution is 0.249. The van der Waals surface area contributed by atoms with Crippen molar-refractivity contribution in [3.8, 4) is 5.75 Å². The standard InChI is InChI=1S/C19H21N3OS/c1-23-16-6-4-5-15(13-16)14-21-9-11-22(12-10-21)19-20-17-7-2-3-8-18(17)24-19/h2-8,13H,9-12,14H2,1H3. The zero-order valence-electron chi connectivity index (χ0n) is 13.8. The van der Waals surface area contributed by atoms with E-state index in [1.165, 1.54) is 10.3 Å². The Bertz CT molecular complexity index is 791. The largest absolute Gasteiger partial charge is 0.497 e. The molecular formula is C19H21N3OS. The molecule has 0 amide bonds. The van der Waals surface area contributed by atoms with Gasteiger partial charge in [0.2, 0.25) is 0 Å². The van der Waals surface area contributed by atoms with E-state index < -0.39 is 0 Å². The number of thiazole rings is 1. The minimum atomic E-state index is 0.931. The Hall–Kier alpha value is -2.11. The fourth-order valence-corrected chi connectivity index (χ4v) is 4.14. The van der Waals surface area contributed by atoms with E-state index in [0.29, 0.717) is 0 Å². The van der Waals surface area contributed by atoms with Crippen LogP contribution < -0.4 is 9.64 Å². The molecule has 0 N–H and O–H groups in total. The summed E-state index contributed by atoms with van der Waals surface area (Å²) in [7, 11) is 1.72. The van der Waals surface area contributed by atoms with Crippen molar-refractivity contribution in [3.63, 3.8) is 0 Å². The van der Waals surface area contributed by atoms with Gasteiger partial charge in [-0.05, 0) is 29.8 Å². The minimum absolute atomic E-state index is 0.931. The van der Waals surface area contributed by atoms with E-state index in [4.69, 9.17) is 9.72 Å². The highest BCUT2D eigenvalue weighted by Gasteiger charge is 2.19. The molecule has 0 spiro atoms. The summed E-state index contributed by atoms with van der Waals surface area (Å²) in [5.41, 5.74) is 2.42. The monoisotopic (exact) mass is 339 g/mol. The molecule has 24 heavy (non-hydrogen) atoms. The molecule has 0 unspecified atom stereocenters. The number of methoxy groups -OCH3 is 1. The topological polar surface area (TPSA) is 28.6 Å². The maximum absolute atomic E-state index is 5.31. The van der Waals surface area contributed by atoms with Crippen LogP contribution in [0.1, 0.15) is 5.56 Å². The molecule has 2 aromatic carbocycles. The van der Waals surface area contributed by atoms with Crippen molar-refractivity contribution < 1.29 is 4.74 Å². The van der Waals surface area contributed by atoms with Crippen LogP contribution in [-0.4, -0.2) is 43.2 Å². The molecular weight excluding hydrogens is 318 g/mol. The van der Waals surface area contributed by atoms with Gasteiger partial charge in [0.1, 0.15) is 5.75 Å². The number of piperazine rings is 1. The third-order valence-electron chi connectivity index (χ3n) is 4.47. The normalized spacial score (nSPS) is 15.8. The van der Waals surface area contributed by atoms with Crippen LogP contribution in [0.2, 0.25) is 0 Å². The third-order valence-corrected chi connectivity index (χ3v) is 5.56. The van der Waals surface area contributed by atoms with E-state index in [1.54, 1.807) is 18.4 Å². The van der Waals surface area contributed by atoms with Gasteiger partial charge < -0.3 is 9.64 Å². The average Bonchev–Trinajstić information content (AvgIpc) is 3.06. The molecule has 0 saturated carbocycles. The van der Waals surface area contributed by atoms with Crippen molar-refractivity contribution in [2.24, 2.45) is 0 Å². The molecule has 1 aromatic heterocycles. The number of hydrogen-bond donors (Lipinski definition) is 0. The van der Waals surface area contributed by atoms with Crippen LogP contribution in [0, 0.1) is 0 Å². The first-order valence-corrected chi connectivity index (χ1v) is 9.09. The van der Waals surface area contributed by atoms with Gasteiger partial charge in [0.05, 0.1) is 17.3 Å². The molecule has 3 aromatic rings. The highest BCUT2D eigenvalue weighted by atomic mass is 32.1. The highest BCUT2D eigenvalue weighted by molar-refractivity contribution is 7.22. The van der Waals surface area contributed by atoms with Gasteiger partial charge in [-0.1, -0.05) is 35.6 Å². The zero-order valence-corrected chi connectivity index (χ0v) is 14.6. The van der Waals surface area contributed by atoms with Gasteiger partial charge in [-0.15, -0.1) is 0 Å². The summed E-state index contributed by atoms with van der Waals surface area (Å²) >= 11 is 1.79. The first kappa shape index (κ1) is 15.4. The molecule has 0 bridgehead atoms. The molecule has 1 fully saturated rings. The smallest absolute Gasteiger partial charge is 0.186 e. The predicted octanol–water partition coefficient (Wildman–Crippen LogP) is 3.63. The van der Waals surface area contributed by atoms with Gasteiger partial charge in [0.15, 0.2) is 5.13 Å². The predicted molar refractivity (Wildman–Crippen MR) is 100 cm³/mol. The van der Waals surface area contributed by atoms with E-state index in [0.717, 1.165) is 49.1 Å². The summed E-state index contributed by atoms with van der Waals surface area (Å²) in [5, 5.41) is 1.15. The number of aromatic nitrogens is 1. The van der Waals surface area contributed by atoms with Crippen LogP contribution in [0.25, 0.3) is 10.2 Å². The number of ether oxygens (including phenoxy) is 1. The number of nitrogens with zero attached hydrogens (tertiary/aromatic N) is 3. The first-order valence-electron chi connectivity index (χ1n) is 8.27. The SMILES string of the molecule is COc1cccc(CN2CCN(c3nc4ccccc4s3)CC2)c1. The second-order valence-electron chi connectivity index (χ2n) is 6.08. The minimum Gasteiger partial charge on any atom is -0.497 e. The van der Waals surface area contributed by atoms with Crippen molar-refractivity contribution in [2.45, 2.75) is 6.54 Å². The Morgan fingerprint density at radius 1 is 1.04 bits per heavy atom. The van der Waals surface area contributed by atoms with Crippen LogP contribution in [0.15, 0.2) is 48.5 Å². The lowest BCUT2D eigenvalue weighted by Crippen LogP contribution is -2.45. The summed E-state index contributed by atoms with van der Waals surface area (Å²) in [4.78, 5) is 9.69. The quantitative estimate of drug-likeness (QED) is 0.726. The molecule has 0 atom stereocenters. The summed E-state index contributed by atoms with van der Waals surface area (Å²) < 4.78 is 6.58. The van der Waals surface area contributed by atoms with Crippen LogP contribution in [0.3, 0.4) is 0 Å². The molecule has 0 aliphatic carbocycles. The van der Waals surface area contributed by atoms with Gasteiger partial charge in [-0.3, -0.25) is 4.90 Å². The second-order valence-corrected chi connectivity index (χ2v) is 7.09. The number of anilines is 1. The maximum atomic E-state index is 5.31. The number of para-hydroxylation sites is 1. The summed E-state index contributed by atoms with van der Waals surface area (Å²) in [6, 6.07) is 16.7. The molecule has 5 heteroatoms. The molecule has 4 rings (SSSR count). The summed E-state index contributed by atoms with van der Waals surface area (Å²) in [6.45, 7) is 5.17. The van der Waals surface area contributed by atoms with Crippen molar-refractivity contribution in [1.29, 1.82) is 0 Å². The number of benzene rings is 2. The van der Waals surface area contributed by atoms with Crippen LogP contribution in [0.4, 0.5) is 5.13 Å². The van der Waals surface area contributed by atoms with Gasteiger partial charge in [0, 0.05) is 32.7 Å². The van der Waals surface area contributed by atoms with Gasteiger partial charge in [-0.2, -0.15) is 0 Å². The van der Waals surface area contributed by atoms with Crippen LogP contribution in [0.5, 0.6) is 5.75 Å². The number of rotatable bonds is 4. The highest BCUT2D eigenvalue weighted by Crippen LogP contribution is 2.29. The van der Waals surface area contributed by atoms with Crippen molar-refractivity contribution >= 4 is 26.7 Å². The van der Waals surface area contributed by atoms with Gasteiger partial charge in [-0.25, -0.2) is 4.98 Å².